The van der Waals surface area contributed by atoms with E-state index >= 15 is 0 Å². The molecular weight excluding hydrogens is 88.1 g/mol. The van der Waals surface area contributed by atoms with Crippen molar-refractivity contribution in [1.29, 1.82) is 0 Å². The highest BCUT2D eigenvalue weighted by molar-refractivity contribution is 5.03. The van der Waals surface area contributed by atoms with Gasteiger partial charge in [-0.05, 0) is 19.9 Å². The topological polar surface area (TPSA) is 28.7 Å². The summed E-state index contributed by atoms with van der Waals surface area (Å²) in [6, 6.07) is 1.87. The average Bonchev–Trinajstić information content (AvgIpc) is 2.14. The van der Waals surface area contributed by atoms with E-state index in [0.29, 0.717) is 6.90 Å². The van der Waals surface area contributed by atoms with Gasteiger partial charge >= 0.3 is 0 Å². The number of H-pyrrole nitrogens is 1. The standard InChI is InChI=1S/C5H8N2/c1-4-3-5(2)7-6-4/h3H,1-2H3,(H,6,7)/i1D. The van der Waals surface area contributed by atoms with Crippen molar-refractivity contribution in [2.24, 2.45) is 0 Å². The molecule has 0 atom stereocenters. The molecule has 0 radical (unpaired) electrons. The Morgan fingerprint density at radius 2 is 2.86 bits per heavy atom. The number of nitrogens with one attached hydrogen (secondary N) is 1. The van der Waals surface area contributed by atoms with Gasteiger partial charge in [0.25, 0.3) is 0 Å². The van der Waals surface area contributed by atoms with Crippen LogP contribution in [0, 0.1) is 13.8 Å². The zero-order valence-electron chi connectivity index (χ0n) is 5.23. The van der Waals surface area contributed by atoms with E-state index in [1.165, 1.54) is 0 Å². The zero-order valence-corrected chi connectivity index (χ0v) is 4.23. The van der Waals surface area contributed by atoms with E-state index in [1.807, 2.05) is 13.0 Å². The fourth-order valence-electron chi connectivity index (χ4n) is 0.477. The van der Waals surface area contributed by atoms with Crippen LogP contribution in [0.2, 0.25) is 0 Å². The summed E-state index contributed by atoms with van der Waals surface area (Å²) < 4.78 is 6.89. The summed E-state index contributed by atoms with van der Waals surface area (Å²) >= 11 is 0. The van der Waals surface area contributed by atoms with E-state index in [9.17, 15) is 0 Å². The van der Waals surface area contributed by atoms with Crippen molar-refractivity contribution in [3.05, 3.63) is 17.5 Å². The van der Waals surface area contributed by atoms with Crippen molar-refractivity contribution < 1.29 is 1.37 Å². The Hall–Kier alpha value is -0.790. The predicted octanol–water partition coefficient (Wildman–Crippen LogP) is 1.03. The van der Waals surface area contributed by atoms with Crippen molar-refractivity contribution in [3.8, 4) is 0 Å². The molecule has 1 aromatic rings. The largest absolute Gasteiger partial charge is 0.283 e. The summed E-state index contributed by atoms with van der Waals surface area (Å²) in [5.41, 5.74) is 1.83. The summed E-state index contributed by atoms with van der Waals surface area (Å²) in [7, 11) is 0. The summed E-state index contributed by atoms with van der Waals surface area (Å²) in [5.74, 6) is 0. The SMILES string of the molecule is [2H]Cc1cc(C)n[nH]1. The van der Waals surface area contributed by atoms with Gasteiger partial charge in [-0.15, -0.1) is 0 Å². The maximum atomic E-state index is 6.89. The molecule has 1 N–H and O–H groups in total. The van der Waals surface area contributed by atoms with Gasteiger partial charge in [-0.1, -0.05) is 0 Å². The maximum Gasteiger partial charge on any atom is 0.0593 e. The van der Waals surface area contributed by atoms with Crippen molar-refractivity contribution in [2.45, 2.75) is 13.8 Å². The molecule has 0 aliphatic rings. The molecule has 1 aromatic heterocycles. The molecule has 0 unspecified atom stereocenters. The minimum atomic E-state index is 0.292. The van der Waals surface area contributed by atoms with Crippen LogP contribution in [0.1, 0.15) is 12.8 Å². The third kappa shape index (κ3) is 0.796. The molecule has 2 heteroatoms. The lowest BCUT2D eigenvalue weighted by molar-refractivity contribution is 1.02. The molecule has 0 saturated carbocycles. The van der Waals surface area contributed by atoms with Gasteiger partial charge in [0.2, 0.25) is 0 Å². The molecule has 0 saturated heterocycles. The maximum absolute atomic E-state index is 6.89. The lowest BCUT2D eigenvalue weighted by atomic mass is 10.4. The van der Waals surface area contributed by atoms with Crippen molar-refractivity contribution in [3.63, 3.8) is 0 Å². The normalized spacial score (nSPS) is 11.3. The van der Waals surface area contributed by atoms with E-state index < -0.39 is 0 Å². The molecule has 2 nitrogen and oxygen atoms in total. The Morgan fingerprint density at radius 1 is 2.00 bits per heavy atom. The first kappa shape index (κ1) is 3.24. The van der Waals surface area contributed by atoms with Gasteiger partial charge in [-0.2, -0.15) is 5.10 Å². The minimum Gasteiger partial charge on any atom is -0.283 e. The Morgan fingerprint density at radius 3 is 3.14 bits per heavy atom. The first-order valence-electron chi connectivity index (χ1n) is 2.84. The molecule has 0 fully saturated rings. The molecular formula is C5H8N2. The minimum absolute atomic E-state index is 0.292. The summed E-state index contributed by atoms with van der Waals surface area (Å²) in [4.78, 5) is 0. The average molecular weight is 97.1 g/mol. The summed E-state index contributed by atoms with van der Waals surface area (Å²) in [6.07, 6.45) is 0. The Bertz CT molecular complexity index is 171. The highest BCUT2D eigenvalue weighted by Gasteiger charge is 1.84. The van der Waals surface area contributed by atoms with E-state index in [4.69, 9.17) is 1.37 Å². The number of aromatic amines is 1. The molecule has 7 heavy (non-hydrogen) atoms. The fraction of sp³-hybridized carbons (Fsp3) is 0.400. The second-order valence-corrected chi connectivity index (χ2v) is 1.53. The smallest absolute Gasteiger partial charge is 0.0593 e. The second kappa shape index (κ2) is 1.37. The van der Waals surface area contributed by atoms with Crippen molar-refractivity contribution >= 4 is 0 Å². The fourth-order valence-corrected chi connectivity index (χ4v) is 0.477. The van der Waals surface area contributed by atoms with Crippen LogP contribution in [0.4, 0.5) is 0 Å². The Kier molecular flexibility index (Phi) is 0.635. The highest BCUT2D eigenvalue weighted by Crippen LogP contribution is 1.92. The van der Waals surface area contributed by atoms with Gasteiger partial charge in [0.05, 0.1) is 5.69 Å². The van der Waals surface area contributed by atoms with Crippen molar-refractivity contribution in [1.82, 2.24) is 10.2 Å². The summed E-state index contributed by atoms with van der Waals surface area (Å²) in [5, 5.41) is 6.56. The molecule has 0 spiro atoms. The van der Waals surface area contributed by atoms with Gasteiger partial charge in [-0.3, -0.25) is 5.10 Å². The third-order valence-electron chi connectivity index (χ3n) is 0.759. The monoisotopic (exact) mass is 97.1 g/mol. The first-order chi connectivity index (χ1) is 3.83. The molecule has 1 heterocycles. The van der Waals surface area contributed by atoms with Gasteiger partial charge in [0.15, 0.2) is 0 Å². The van der Waals surface area contributed by atoms with Crippen LogP contribution in [0.25, 0.3) is 0 Å². The van der Waals surface area contributed by atoms with Crippen molar-refractivity contribution in [2.75, 3.05) is 0 Å². The first-order valence-corrected chi connectivity index (χ1v) is 2.13. The van der Waals surface area contributed by atoms with E-state index in [1.54, 1.807) is 0 Å². The Balaban J connectivity index is 2.84. The third-order valence-corrected chi connectivity index (χ3v) is 0.759. The van der Waals surface area contributed by atoms with Gasteiger partial charge in [-0.25, -0.2) is 0 Å². The van der Waals surface area contributed by atoms with E-state index in [-0.39, 0.29) is 0 Å². The van der Waals surface area contributed by atoms with Crippen LogP contribution in [-0.4, -0.2) is 10.2 Å². The van der Waals surface area contributed by atoms with Crippen LogP contribution in [-0.2, 0) is 0 Å². The van der Waals surface area contributed by atoms with Crippen LogP contribution in [0.15, 0.2) is 6.07 Å². The van der Waals surface area contributed by atoms with Crippen LogP contribution in [0.3, 0.4) is 0 Å². The number of hydrogen-bond donors (Lipinski definition) is 1. The highest BCUT2D eigenvalue weighted by atomic mass is 15.1. The summed E-state index contributed by atoms with van der Waals surface area (Å²) in [6.45, 7) is 2.19. The Labute approximate surface area is 44.0 Å². The molecule has 0 aliphatic heterocycles. The second-order valence-electron chi connectivity index (χ2n) is 1.53. The van der Waals surface area contributed by atoms with Crippen LogP contribution >= 0.6 is 0 Å². The van der Waals surface area contributed by atoms with Gasteiger partial charge in [0.1, 0.15) is 0 Å². The number of rotatable bonds is 0. The van der Waals surface area contributed by atoms with E-state index in [0.717, 1.165) is 11.4 Å². The molecule has 0 bridgehead atoms. The van der Waals surface area contributed by atoms with E-state index in [2.05, 4.69) is 10.2 Å². The zero-order chi connectivity index (χ0) is 5.98. The molecule has 1 rings (SSSR count). The number of nitrogens with zero attached hydrogens (tertiary/aromatic N) is 1. The van der Waals surface area contributed by atoms with Crippen LogP contribution < -0.4 is 0 Å². The number of aromatic nitrogens is 2. The quantitative estimate of drug-likeness (QED) is 0.514. The number of hydrogen-bond acceptors (Lipinski definition) is 1. The lowest BCUT2D eigenvalue weighted by Gasteiger charge is -1.68. The molecule has 0 aromatic carbocycles. The molecule has 0 aliphatic carbocycles. The van der Waals surface area contributed by atoms with Crippen LogP contribution in [0.5, 0.6) is 0 Å². The van der Waals surface area contributed by atoms with Gasteiger partial charge in [0, 0.05) is 7.06 Å². The number of aryl methyl sites for hydroxylation is 2. The molecule has 38 valence electrons. The molecule has 0 amide bonds. The van der Waals surface area contributed by atoms with Gasteiger partial charge < -0.3 is 0 Å². The predicted molar refractivity (Wildman–Crippen MR) is 28.1 cm³/mol. The lowest BCUT2D eigenvalue weighted by Crippen LogP contribution is -1.68.